The summed E-state index contributed by atoms with van der Waals surface area (Å²) in [5.74, 6) is 1.20. The molecule has 0 spiro atoms. The molecule has 0 unspecified atom stereocenters. The van der Waals surface area contributed by atoms with Gasteiger partial charge in [0, 0.05) is 32.7 Å². The first-order valence-electron chi connectivity index (χ1n) is 1.89. The summed E-state index contributed by atoms with van der Waals surface area (Å²) in [6.45, 7) is 3.59. The van der Waals surface area contributed by atoms with Crippen LogP contribution in [0.2, 0.25) is 0 Å². The number of aliphatic hydroxyl groups is 1. The maximum Gasteiger partial charge on any atom is 0.0885 e. The van der Waals surface area contributed by atoms with Gasteiger partial charge in [0.1, 0.15) is 0 Å². The number of hydrogen-bond acceptors (Lipinski definition) is 2. The van der Waals surface area contributed by atoms with E-state index in [0.717, 1.165) is 12.2 Å². The second kappa shape index (κ2) is 10.4. The van der Waals surface area contributed by atoms with Gasteiger partial charge in [0.15, 0.2) is 0 Å². The number of rotatable bonds is 3. The summed E-state index contributed by atoms with van der Waals surface area (Å²) in [5.41, 5.74) is 0. The van der Waals surface area contributed by atoms with Crippen LogP contribution in [0.25, 0.3) is 0 Å². The Balaban J connectivity index is 0. The van der Waals surface area contributed by atoms with Crippen LogP contribution in [0.15, 0.2) is 0 Å². The van der Waals surface area contributed by atoms with Crippen molar-refractivity contribution >= 4 is 11.8 Å². The fourth-order valence-corrected chi connectivity index (χ4v) is 0.500. The van der Waals surface area contributed by atoms with Crippen LogP contribution in [-0.2, 0) is 32.7 Å². The van der Waals surface area contributed by atoms with Crippen molar-refractivity contribution in [1.82, 2.24) is 0 Å². The van der Waals surface area contributed by atoms with Gasteiger partial charge in [-0.25, -0.2) is 0 Å². The standard InChI is InChI=1S/C4H9OS.Y/c1-2-3-6-4-5;/h5H,1-4H2;/q-1;. The average molecular weight is 194 g/mol. The monoisotopic (exact) mass is 194 g/mol. The van der Waals surface area contributed by atoms with Crippen LogP contribution in [0.3, 0.4) is 0 Å². The van der Waals surface area contributed by atoms with E-state index in [0.29, 0.717) is 0 Å². The molecule has 0 rings (SSSR count). The second-order valence-corrected chi connectivity index (χ2v) is 1.97. The molecule has 0 heterocycles. The molecule has 0 aromatic heterocycles. The van der Waals surface area contributed by atoms with Crippen LogP contribution in [0.5, 0.6) is 0 Å². The van der Waals surface area contributed by atoms with Gasteiger partial charge in [-0.1, -0.05) is 0 Å². The van der Waals surface area contributed by atoms with Crippen LogP contribution in [0.4, 0.5) is 0 Å². The molecule has 1 nitrogen and oxygen atoms in total. The topological polar surface area (TPSA) is 20.2 Å². The molecular weight excluding hydrogens is 185 g/mol. The smallest absolute Gasteiger partial charge is 0.0885 e. The van der Waals surface area contributed by atoms with E-state index in [4.69, 9.17) is 5.11 Å². The molecule has 41 valence electrons. The van der Waals surface area contributed by atoms with Crippen molar-refractivity contribution in [3.8, 4) is 0 Å². The Kier molecular flexibility index (Phi) is 16.7. The second-order valence-electron chi connectivity index (χ2n) is 0.891. The predicted molar refractivity (Wildman–Crippen MR) is 29.5 cm³/mol. The minimum atomic E-state index is 0. The first-order valence-corrected chi connectivity index (χ1v) is 3.05. The zero-order valence-corrected chi connectivity index (χ0v) is 7.92. The van der Waals surface area contributed by atoms with Crippen LogP contribution in [-0.4, -0.2) is 16.8 Å². The number of thioether (sulfide) groups is 1. The van der Waals surface area contributed by atoms with Gasteiger partial charge in [-0.15, -0.1) is 11.8 Å². The normalized spacial score (nSPS) is 7.71. The Labute approximate surface area is 74.1 Å². The summed E-state index contributed by atoms with van der Waals surface area (Å²) in [4.78, 5) is 0. The Morgan fingerprint density at radius 1 is 1.57 bits per heavy atom. The van der Waals surface area contributed by atoms with E-state index < -0.39 is 0 Å². The predicted octanol–water partition coefficient (Wildman–Crippen LogP) is 0.891. The minimum Gasteiger partial charge on any atom is -0.386 e. The van der Waals surface area contributed by atoms with Crippen LogP contribution in [0, 0.1) is 6.92 Å². The maximum atomic E-state index is 8.13. The summed E-state index contributed by atoms with van der Waals surface area (Å²) < 4.78 is 0. The molecule has 1 N–H and O–H groups in total. The number of hydrogen-bond donors (Lipinski definition) is 1. The third-order valence-electron chi connectivity index (χ3n) is 0.380. The summed E-state index contributed by atoms with van der Waals surface area (Å²) in [6, 6.07) is 0. The van der Waals surface area contributed by atoms with Gasteiger partial charge in [-0.3, -0.25) is 0 Å². The van der Waals surface area contributed by atoms with E-state index in [9.17, 15) is 0 Å². The van der Waals surface area contributed by atoms with Gasteiger partial charge >= 0.3 is 0 Å². The molecule has 0 saturated carbocycles. The largest absolute Gasteiger partial charge is 0.386 e. The summed E-state index contributed by atoms with van der Waals surface area (Å²) in [6.07, 6.45) is 0.908. The molecule has 0 bridgehead atoms. The van der Waals surface area contributed by atoms with Gasteiger partial charge < -0.3 is 12.0 Å². The fraction of sp³-hybridized carbons (Fsp3) is 0.750. The molecule has 0 aromatic carbocycles. The first kappa shape index (κ1) is 11.2. The van der Waals surface area contributed by atoms with Crippen molar-refractivity contribution < 1.29 is 37.8 Å². The van der Waals surface area contributed by atoms with Crippen molar-refractivity contribution in [1.29, 1.82) is 0 Å². The Hall–Kier alpha value is 1.41. The van der Waals surface area contributed by atoms with Crippen LogP contribution in [0.1, 0.15) is 6.42 Å². The van der Waals surface area contributed by atoms with E-state index in [-0.39, 0.29) is 38.6 Å². The summed E-state index contributed by atoms with van der Waals surface area (Å²) >= 11 is 1.50. The quantitative estimate of drug-likeness (QED) is 0.409. The molecule has 0 saturated heterocycles. The fourth-order valence-electron chi connectivity index (χ4n) is 0.167. The molecule has 7 heavy (non-hydrogen) atoms. The molecule has 0 aliphatic heterocycles. The molecular formula is C4H9OSY-. The SMILES string of the molecule is [CH2-]CCSCO.[Y]. The van der Waals surface area contributed by atoms with Gasteiger partial charge in [0.05, 0.1) is 5.94 Å². The molecule has 0 aliphatic rings. The van der Waals surface area contributed by atoms with Crippen molar-refractivity contribution in [2.45, 2.75) is 6.42 Å². The molecule has 0 fully saturated rings. The van der Waals surface area contributed by atoms with Crippen LogP contribution < -0.4 is 0 Å². The zero-order chi connectivity index (χ0) is 4.83. The summed E-state index contributed by atoms with van der Waals surface area (Å²) in [7, 11) is 0. The molecule has 3 heteroatoms. The van der Waals surface area contributed by atoms with Crippen molar-refractivity contribution in [3.63, 3.8) is 0 Å². The van der Waals surface area contributed by atoms with Crippen molar-refractivity contribution in [2.24, 2.45) is 0 Å². The summed E-state index contributed by atoms with van der Waals surface area (Å²) in [5, 5.41) is 8.13. The van der Waals surface area contributed by atoms with E-state index in [1.165, 1.54) is 11.8 Å². The van der Waals surface area contributed by atoms with Gasteiger partial charge in [0.25, 0.3) is 0 Å². The molecule has 0 amide bonds. The van der Waals surface area contributed by atoms with E-state index in [1.807, 2.05) is 0 Å². The Morgan fingerprint density at radius 3 is 2.29 bits per heavy atom. The molecule has 0 atom stereocenters. The average Bonchev–Trinajstić information content (AvgIpc) is 1.61. The zero-order valence-electron chi connectivity index (χ0n) is 4.26. The van der Waals surface area contributed by atoms with Crippen molar-refractivity contribution in [2.75, 3.05) is 11.7 Å². The first-order chi connectivity index (χ1) is 2.91. The molecule has 0 aliphatic carbocycles. The third kappa shape index (κ3) is 11.2. The minimum absolute atomic E-state index is 0. The van der Waals surface area contributed by atoms with E-state index in [2.05, 4.69) is 6.92 Å². The van der Waals surface area contributed by atoms with Gasteiger partial charge in [-0.05, 0) is 5.75 Å². The maximum absolute atomic E-state index is 8.13. The van der Waals surface area contributed by atoms with Crippen LogP contribution >= 0.6 is 11.8 Å². The molecule has 0 aromatic rings. The Bertz CT molecular complexity index is 23.7. The van der Waals surface area contributed by atoms with Crippen molar-refractivity contribution in [3.05, 3.63) is 6.92 Å². The Morgan fingerprint density at radius 2 is 2.14 bits per heavy atom. The molecule has 1 radical (unpaired) electrons. The third-order valence-corrected chi connectivity index (χ3v) is 1.14. The van der Waals surface area contributed by atoms with E-state index >= 15 is 0 Å². The number of aliphatic hydroxyl groups excluding tert-OH is 1. The van der Waals surface area contributed by atoms with Gasteiger partial charge in [0.2, 0.25) is 0 Å². The van der Waals surface area contributed by atoms with Gasteiger partial charge in [-0.2, -0.15) is 6.42 Å². The van der Waals surface area contributed by atoms with E-state index in [1.54, 1.807) is 0 Å².